The van der Waals surface area contributed by atoms with Gasteiger partial charge in [-0.1, -0.05) is 58.9 Å². The van der Waals surface area contributed by atoms with E-state index in [0.29, 0.717) is 12.2 Å². The Morgan fingerprint density at radius 1 is 1.00 bits per heavy atom. The monoisotopic (exact) mass is 398 g/mol. The molecule has 0 aromatic heterocycles. The Balaban J connectivity index is 2.31. The molecular formula is C25H34O4. The molecule has 0 bridgehead atoms. The van der Waals surface area contributed by atoms with E-state index in [9.17, 15) is 9.90 Å². The highest BCUT2D eigenvalue weighted by atomic mass is 16.5. The molecule has 0 aliphatic heterocycles. The fraction of sp³-hybridized carbons (Fsp3) is 0.480. The topological polar surface area (TPSA) is 55.8 Å². The Morgan fingerprint density at radius 3 is 2.07 bits per heavy atom. The molecule has 1 unspecified atom stereocenters. The van der Waals surface area contributed by atoms with Crippen LogP contribution in [0.25, 0.3) is 0 Å². The first-order chi connectivity index (χ1) is 13.7. The summed E-state index contributed by atoms with van der Waals surface area (Å²) in [7, 11) is 0. The maximum atomic E-state index is 10.6. The highest BCUT2D eigenvalue weighted by Crippen LogP contribution is 2.40. The summed E-state index contributed by atoms with van der Waals surface area (Å²) in [5.74, 6) is 1.34. The molecule has 0 heterocycles. The number of aliphatic hydroxyl groups excluding tert-OH is 1. The predicted molar refractivity (Wildman–Crippen MR) is 117 cm³/mol. The first kappa shape index (κ1) is 23.0. The molecule has 4 heteroatoms. The Bertz CT molecular complexity index is 799. The molecule has 0 fully saturated rings. The molecular weight excluding hydrogens is 364 g/mol. The minimum atomic E-state index is -0.529. The number of ether oxygens (including phenoxy) is 2. The lowest BCUT2D eigenvalue weighted by Gasteiger charge is -2.34. The molecule has 158 valence electrons. The van der Waals surface area contributed by atoms with Gasteiger partial charge < -0.3 is 14.6 Å². The zero-order chi connectivity index (χ0) is 21.7. The van der Waals surface area contributed by atoms with Gasteiger partial charge in [-0.3, -0.25) is 4.79 Å². The van der Waals surface area contributed by atoms with Crippen molar-refractivity contribution in [1.82, 2.24) is 0 Å². The summed E-state index contributed by atoms with van der Waals surface area (Å²) in [5.41, 5.74) is 3.13. The summed E-state index contributed by atoms with van der Waals surface area (Å²) >= 11 is 0. The molecule has 0 spiro atoms. The number of carbonyl (C=O) groups excluding carboxylic acids is 1. The van der Waals surface area contributed by atoms with Crippen molar-refractivity contribution in [2.75, 3.05) is 6.61 Å². The van der Waals surface area contributed by atoms with Gasteiger partial charge >= 0.3 is 0 Å². The first-order valence-electron chi connectivity index (χ1n) is 10.3. The van der Waals surface area contributed by atoms with Crippen LogP contribution in [0.3, 0.4) is 0 Å². The molecule has 2 rings (SSSR count). The van der Waals surface area contributed by atoms with Gasteiger partial charge in [-0.05, 0) is 60.1 Å². The number of rotatable bonds is 9. The van der Waals surface area contributed by atoms with E-state index in [2.05, 4.69) is 26.0 Å². The molecule has 0 aliphatic carbocycles. The molecule has 2 aromatic carbocycles. The average Bonchev–Trinajstić information content (AvgIpc) is 2.69. The number of benzene rings is 2. The van der Waals surface area contributed by atoms with E-state index >= 15 is 0 Å². The second-order valence-electron chi connectivity index (χ2n) is 8.70. The van der Waals surface area contributed by atoms with Crippen molar-refractivity contribution in [2.24, 2.45) is 5.41 Å². The van der Waals surface area contributed by atoms with E-state index in [1.165, 1.54) is 11.1 Å². The summed E-state index contributed by atoms with van der Waals surface area (Å²) in [4.78, 5) is 10.6. The van der Waals surface area contributed by atoms with Gasteiger partial charge in [-0.15, -0.1) is 0 Å². The highest BCUT2D eigenvalue weighted by Gasteiger charge is 2.31. The van der Waals surface area contributed by atoms with Crippen molar-refractivity contribution in [3.8, 4) is 11.5 Å². The molecule has 4 nitrogen and oxygen atoms in total. The van der Waals surface area contributed by atoms with E-state index in [1.54, 1.807) is 0 Å². The summed E-state index contributed by atoms with van der Waals surface area (Å²) < 4.78 is 10.8. The molecule has 1 N–H and O–H groups in total. The Morgan fingerprint density at radius 2 is 1.59 bits per heavy atom. The minimum absolute atomic E-state index is 0.131. The number of aliphatic hydroxyl groups is 1. The van der Waals surface area contributed by atoms with Crippen molar-refractivity contribution in [3.05, 3.63) is 59.2 Å². The number of hydrogen-bond acceptors (Lipinski definition) is 4. The Hall–Kier alpha value is -2.33. The SMILES string of the molecule is CCC(CC)(c1ccc(OC=O)cc1)c1ccc(OCC(O)C(C)(C)C)c(C)c1. The van der Waals surface area contributed by atoms with Crippen LogP contribution in [0.4, 0.5) is 0 Å². The predicted octanol–water partition coefficient (Wildman–Crippen LogP) is 5.42. The molecule has 0 aliphatic rings. The lowest BCUT2D eigenvalue weighted by atomic mass is 9.70. The Labute approximate surface area is 174 Å². The normalized spacial score (nSPS) is 13.1. The molecule has 0 amide bonds. The van der Waals surface area contributed by atoms with Crippen LogP contribution in [0.15, 0.2) is 42.5 Å². The van der Waals surface area contributed by atoms with Crippen LogP contribution in [0.2, 0.25) is 0 Å². The third-order valence-electron chi connectivity index (χ3n) is 5.92. The minimum Gasteiger partial charge on any atom is -0.491 e. The van der Waals surface area contributed by atoms with Crippen LogP contribution in [0, 0.1) is 12.3 Å². The van der Waals surface area contributed by atoms with Gasteiger partial charge in [0.15, 0.2) is 0 Å². The van der Waals surface area contributed by atoms with Crippen LogP contribution < -0.4 is 9.47 Å². The second-order valence-corrected chi connectivity index (χ2v) is 8.70. The van der Waals surface area contributed by atoms with Gasteiger partial charge in [0.25, 0.3) is 6.47 Å². The zero-order valence-corrected chi connectivity index (χ0v) is 18.5. The largest absolute Gasteiger partial charge is 0.491 e. The van der Waals surface area contributed by atoms with Crippen LogP contribution >= 0.6 is 0 Å². The van der Waals surface area contributed by atoms with Crippen LogP contribution in [0.5, 0.6) is 11.5 Å². The number of aryl methyl sites for hydroxylation is 1. The molecule has 0 saturated heterocycles. The fourth-order valence-corrected chi connectivity index (χ4v) is 3.67. The zero-order valence-electron chi connectivity index (χ0n) is 18.5. The lowest BCUT2D eigenvalue weighted by molar-refractivity contribution is -0.120. The third kappa shape index (κ3) is 5.18. The van der Waals surface area contributed by atoms with Gasteiger partial charge in [0.1, 0.15) is 18.1 Å². The number of carbonyl (C=O) groups is 1. The second kappa shape index (κ2) is 9.45. The van der Waals surface area contributed by atoms with E-state index < -0.39 is 6.10 Å². The van der Waals surface area contributed by atoms with E-state index in [4.69, 9.17) is 9.47 Å². The fourth-order valence-electron chi connectivity index (χ4n) is 3.67. The molecule has 29 heavy (non-hydrogen) atoms. The first-order valence-corrected chi connectivity index (χ1v) is 10.3. The highest BCUT2D eigenvalue weighted by molar-refractivity contribution is 5.48. The molecule has 2 aromatic rings. The van der Waals surface area contributed by atoms with Gasteiger partial charge in [0.2, 0.25) is 0 Å². The summed E-state index contributed by atoms with van der Waals surface area (Å²) in [6, 6.07) is 14.0. The van der Waals surface area contributed by atoms with E-state index in [0.717, 1.165) is 24.2 Å². The van der Waals surface area contributed by atoms with E-state index in [1.807, 2.05) is 58.0 Å². The molecule has 0 radical (unpaired) electrons. The van der Waals surface area contributed by atoms with Crippen LogP contribution in [0.1, 0.15) is 64.2 Å². The summed E-state index contributed by atoms with van der Waals surface area (Å²) in [5, 5.41) is 10.3. The summed E-state index contributed by atoms with van der Waals surface area (Å²) in [6.45, 7) is 13.1. The molecule has 1 atom stereocenters. The standard InChI is InChI=1S/C25H34O4/c1-7-25(8-2,19-9-12-21(13-10-19)29-17-26)20-11-14-22(18(3)15-20)28-16-23(27)24(4,5)6/h9-15,17,23,27H,7-8,16H2,1-6H3. The smallest absolute Gasteiger partial charge is 0.298 e. The third-order valence-corrected chi connectivity index (χ3v) is 5.92. The quantitative estimate of drug-likeness (QED) is 0.573. The van der Waals surface area contributed by atoms with Crippen molar-refractivity contribution >= 4 is 6.47 Å². The van der Waals surface area contributed by atoms with E-state index in [-0.39, 0.29) is 17.4 Å². The average molecular weight is 399 g/mol. The van der Waals surface area contributed by atoms with Crippen molar-refractivity contribution in [2.45, 2.75) is 65.9 Å². The Kier molecular flexibility index (Phi) is 7.48. The number of hydrogen-bond donors (Lipinski definition) is 1. The maximum Gasteiger partial charge on any atom is 0.298 e. The van der Waals surface area contributed by atoms with Crippen LogP contribution in [-0.2, 0) is 10.2 Å². The van der Waals surface area contributed by atoms with Gasteiger partial charge in [-0.25, -0.2) is 0 Å². The summed E-state index contributed by atoms with van der Waals surface area (Å²) in [6.07, 6.45) is 1.36. The molecule has 0 saturated carbocycles. The van der Waals surface area contributed by atoms with Crippen molar-refractivity contribution in [1.29, 1.82) is 0 Å². The lowest BCUT2D eigenvalue weighted by Crippen LogP contribution is -2.32. The maximum absolute atomic E-state index is 10.6. The van der Waals surface area contributed by atoms with Crippen molar-refractivity contribution < 1.29 is 19.4 Å². The van der Waals surface area contributed by atoms with Crippen LogP contribution in [-0.4, -0.2) is 24.3 Å². The van der Waals surface area contributed by atoms with Gasteiger partial charge in [-0.2, -0.15) is 0 Å². The van der Waals surface area contributed by atoms with Gasteiger partial charge in [0, 0.05) is 5.41 Å². The van der Waals surface area contributed by atoms with Gasteiger partial charge in [0.05, 0.1) is 6.10 Å². The van der Waals surface area contributed by atoms with Crippen molar-refractivity contribution in [3.63, 3.8) is 0 Å².